The summed E-state index contributed by atoms with van der Waals surface area (Å²) in [6.07, 6.45) is 2.72. The second kappa shape index (κ2) is 8.14. The van der Waals surface area contributed by atoms with Gasteiger partial charge in [0.05, 0.1) is 6.10 Å². The Kier molecular flexibility index (Phi) is 5.67. The number of aryl methyl sites for hydroxylation is 1. The molecule has 1 heterocycles. The molecule has 1 N–H and O–H groups in total. The van der Waals surface area contributed by atoms with Gasteiger partial charge in [-0.05, 0) is 37.0 Å². The zero-order valence-corrected chi connectivity index (χ0v) is 13.8. The molecule has 1 aliphatic rings. The predicted octanol–water partition coefficient (Wildman–Crippen LogP) is 3.84. The van der Waals surface area contributed by atoms with Crippen molar-refractivity contribution in [1.29, 1.82) is 0 Å². The van der Waals surface area contributed by atoms with Crippen molar-refractivity contribution in [2.45, 2.75) is 39.0 Å². The van der Waals surface area contributed by atoms with E-state index in [1.807, 2.05) is 12.1 Å². The first-order valence-electron chi connectivity index (χ1n) is 8.40. The van der Waals surface area contributed by atoms with Crippen molar-refractivity contribution in [2.24, 2.45) is 0 Å². The summed E-state index contributed by atoms with van der Waals surface area (Å²) < 4.78 is 11.7. The Morgan fingerprint density at radius 3 is 2.65 bits per heavy atom. The number of hydrogen-bond acceptors (Lipinski definition) is 3. The second-order valence-corrected chi connectivity index (χ2v) is 6.09. The van der Waals surface area contributed by atoms with Crippen molar-refractivity contribution < 1.29 is 9.47 Å². The molecule has 2 aromatic carbocycles. The highest BCUT2D eigenvalue weighted by Crippen LogP contribution is 2.20. The van der Waals surface area contributed by atoms with Crippen LogP contribution in [0.4, 0.5) is 0 Å². The van der Waals surface area contributed by atoms with Gasteiger partial charge in [-0.25, -0.2) is 0 Å². The molecule has 0 unspecified atom stereocenters. The van der Waals surface area contributed by atoms with Crippen LogP contribution in [0.2, 0.25) is 0 Å². The summed E-state index contributed by atoms with van der Waals surface area (Å²) in [7, 11) is 0. The second-order valence-electron chi connectivity index (χ2n) is 6.09. The molecule has 0 bridgehead atoms. The van der Waals surface area contributed by atoms with Crippen LogP contribution in [0.15, 0.2) is 48.5 Å². The van der Waals surface area contributed by atoms with E-state index >= 15 is 0 Å². The van der Waals surface area contributed by atoms with Gasteiger partial charge in [-0.1, -0.05) is 42.5 Å². The number of hydrogen-bond donors (Lipinski definition) is 1. The lowest BCUT2D eigenvalue weighted by atomic mass is 10.1. The van der Waals surface area contributed by atoms with E-state index in [2.05, 4.69) is 48.6 Å². The van der Waals surface area contributed by atoms with Gasteiger partial charge >= 0.3 is 0 Å². The van der Waals surface area contributed by atoms with Crippen LogP contribution in [0, 0.1) is 6.92 Å². The van der Waals surface area contributed by atoms with Crippen molar-refractivity contribution in [3.8, 4) is 5.75 Å². The first kappa shape index (κ1) is 16.0. The predicted molar refractivity (Wildman–Crippen MR) is 92.6 cm³/mol. The largest absolute Gasteiger partial charge is 0.489 e. The minimum Gasteiger partial charge on any atom is -0.489 e. The van der Waals surface area contributed by atoms with Gasteiger partial charge < -0.3 is 14.8 Å². The molecule has 0 radical (unpaired) electrons. The Morgan fingerprint density at radius 1 is 1.09 bits per heavy atom. The molecule has 1 saturated heterocycles. The van der Waals surface area contributed by atoms with Crippen molar-refractivity contribution in [3.05, 3.63) is 65.2 Å². The molecule has 0 aromatic heterocycles. The summed E-state index contributed by atoms with van der Waals surface area (Å²) in [5.41, 5.74) is 3.69. The molecule has 3 nitrogen and oxygen atoms in total. The normalized spacial score (nSPS) is 17.3. The molecule has 1 atom stereocenters. The van der Waals surface area contributed by atoms with Crippen molar-refractivity contribution in [3.63, 3.8) is 0 Å². The summed E-state index contributed by atoms with van der Waals surface area (Å²) in [4.78, 5) is 0. The fraction of sp³-hybridized carbons (Fsp3) is 0.400. The van der Waals surface area contributed by atoms with Crippen LogP contribution in [0.25, 0.3) is 0 Å². The van der Waals surface area contributed by atoms with Crippen LogP contribution in [0.1, 0.15) is 29.5 Å². The summed E-state index contributed by atoms with van der Waals surface area (Å²) >= 11 is 0. The summed E-state index contributed by atoms with van der Waals surface area (Å²) in [5.74, 6) is 0.954. The van der Waals surface area contributed by atoms with E-state index in [0.717, 1.165) is 25.4 Å². The molecule has 0 amide bonds. The van der Waals surface area contributed by atoms with Crippen molar-refractivity contribution in [2.75, 3.05) is 13.2 Å². The van der Waals surface area contributed by atoms with E-state index in [1.54, 1.807) is 0 Å². The average molecular weight is 311 g/mol. The molecular weight excluding hydrogens is 286 g/mol. The Bertz CT molecular complexity index is 621. The van der Waals surface area contributed by atoms with Gasteiger partial charge in [-0.2, -0.15) is 0 Å². The lowest BCUT2D eigenvalue weighted by molar-refractivity contribution is 0.110. The Balaban J connectivity index is 1.55. The highest BCUT2D eigenvalue weighted by atomic mass is 16.5. The molecule has 0 spiro atoms. The van der Waals surface area contributed by atoms with Crippen molar-refractivity contribution in [1.82, 2.24) is 5.32 Å². The van der Waals surface area contributed by atoms with E-state index in [9.17, 15) is 0 Å². The maximum atomic E-state index is 6.06. The van der Waals surface area contributed by atoms with E-state index in [4.69, 9.17) is 9.47 Å². The third-order valence-corrected chi connectivity index (χ3v) is 4.33. The number of benzene rings is 2. The summed E-state index contributed by atoms with van der Waals surface area (Å²) in [6.45, 7) is 5.35. The fourth-order valence-electron chi connectivity index (χ4n) is 2.89. The molecular formula is C20H25NO2. The van der Waals surface area contributed by atoms with Crippen molar-refractivity contribution >= 4 is 0 Å². The Labute approximate surface area is 138 Å². The topological polar surface area (TPSA) is 30.5 Å². The molecule has 2 aromatic rings. The van der Waals surface area contributed by atoms with Gasteiger partial charge in [0.2, 0.25) is 0 Å². The van der Waals surface area contributed by atoms with Crippen LogP contribution < -0.4 is 10.1 Å². The monoisotopic (exact) mass is 311 g/mol. The van der Waals surface area contributed by atoms with Gasteiger partial charge in [0.15, 0.2) is 0 Å². The molecule has 1 fully saturated rings. The molecule has 0 aliphatic carbocycles. The van der Waals surface area contributed by atoms with Gasteiger partial charge in [-0.15, -0.1) is 0 Å². The maximum Gasteiger partial charge on any atom is 0.124 e. The minimum atomic E-state index is 0.370. The third kappa shape index (κ3) is 4.57. The standard InChI is InChI=1S/C20H25NO2/c1-16-7-2-3-9-18(16)15-23-20-11-5-4-8-17(20)13-21-14-19-10-6-12-22-19/h2-5,7-9,11,19,21H,6,10,12-15H2,1H3/t19-/m1/s1. The van der Waals surface area contributed by atoms with E-state index in [1.165, 1.54) is 29.5 Å². The van der Waals surface area contributed by atoms with Crippen LogP contribution in [-0.2, 0) is 17.9 Å². The van der Waals surface area contributed by atoms with Gasteiger partial charge in [0.25, 0.3) is 0 Å². The molecule has 0 saturated carbocycles. The molecule has 1 aliphatic heterocycles. The van der Waals surface area contributed by atoms with Gasteiger partial charge in [0.1, 0.15) is 12.4 Å². The van der Waals surface area contributed by atoms with Crippen LogP contribution in [0.5, 0.6) is 5.75 Å². The SMILES string of the molecule is Cc1ccccc1COc1ccccc1CNC[C@H]1CCCO1. The molecule has 23 heavy (non-hydrogen) atoms. The summed E-state index contributed by atoms with van der Waals surface area (Å²) in [5, 5.41) is 3.49. The maximum absolute atomic E-state index is 6.06. The minimum absolute atomic E-state index is 0.370. The summed E-state index contributed by atoms with van der Waals surface area (Å²) in [6, 6.07) is 16.6. The molecule has 3 rings (SSSR count). The highest BCUT2D eigenvalue weighted by Gasteiger charge is 2.14. The van der Waals surface area contributed by atoms with Crippen LogP contribution in [-0.4, -0.2) is 19.3 Å². The average Bonchev–Trinajstić information content (AvgIpc) is 3.09. The molecule has 3 heteroatoms. The fourth-order valence-corrected chi connectivity index (χ4v) is 2.89. The van der Waals surface area contributed by atoms with Gasteiger partial charge in [0, 0.05) is 25.3 Å². The third-order valence-electron chi connectivity index (χ3n) is 4.33. The number of para-hydroxylation sites is 1. The first-order chi connectivity index (χ1) is 11.3. The smallest absolute Gasteiger partial charge is 0.124 e. The quantitative estimate of drug-likeness (QED) is 0.842. The Morgan fingerprint density at radius 2 is 1.87 bits per heavy atom. The lowest BCUT2D eigenvalue weighted by Crippen LogP contribution is -2.26. The number of nitrogens with one attached hydrogen (secondary N) is 1. The zero-order valence-electron chi connectivity index (χ0n) is 13.8. The first-order valence-corrected chi connectivity index (χ1v) is 8.40. The molecule has 122 valence electrons. The number of rotatable bonds is 7. The highest BCUT2D eigenvalue weighted by molar-refractivity contribution is 5.34. The van der Waals surface area contributed by atoms with E-state index < -0.39 is 0 Å². The number of ether oxygens (including phenoxy) is 2. The van der Waals surface area contributed by atoms with Gasteiger partial charge in [-0.3, -0.25) is 0 Å². The van der Waals surface area contributed by atoms with E-state index in [0.29, 0.717) is 12.7 Å². The van der Waals surface area contributed by atoms with Crippen LogP contribution >= 0.6 is 0 Å². The van der Waals surface area contributed by atoms with E-state index in [-0.39, 0.29) is 0 Å². The Hall–Kier alpha value is -1.84. The van der Waals surface area contributed by atoms with Crippen LogP contribution in [0.3, 0.4) is 0 Å². The zero-order chi connectivity index (χ0) is 15.9. The lowest BCUT2D eigenvalue weighted by Gasteiger charge is -2.15.